The fraction of sp³-hybridized carbons (Fsp3) is 0.900. The van der Waals surface area contributed by atoms with E-state index in [-0.39, 0.29) is 0 Å². The lowest BCUT2D eigenvalue weighted by atomic mass is 9.71. The van der Waals surface area contributed by atoms with Crippen LogP contribution in [0.2, 0.25) is 0 Å². The molecule has 1 N–H and O–H groups in total. The van der Waals surface area contributed by atoms with E-state index in [2.05, 4.69) is 13.8 Å². The molecule has 1 aliphatic rings. The molecule has 1 saturated carbocycles. The summed E-state index contributed by atoms with van der Waals surface area (Å²) in [5, 5.41) is 8.64. The van der Waals surface area contributed by atoms with Gasteiger partial charge in [-0.25, -0.2) is 0 Å². The number of aliphatic carboxylic acids is 1. The molecular weight excluding hydrogens is 152 g/mol. The van der Waals surface area contributed by atoms with Gasteiger partial charge in [0.1, 0.15) is 0 Å². The molecule has 1 atom stereocenters. The minimum Gasteiger partial charge on any atom is -0.481 e. The second-order valence-electron chi connectivity index (χ2n) is 4.72. The summed E-state index contributed by atoms with van der Waals surface area (Å²) in [6.07, 6.45) is 5.01. The van der Waals surface area contributed by atoms with Crippen LogP contribution >= 0.6 is 0 Å². The maximum absolute atomic E-state index is 10.5. The molecule has 0 aromatic rings. The van der Waals surface area contributed by atoms with Crippen LogP contribution in [0.1, 0.15) is 46.0 Å². The zero-order chi connectivity index (χ0) is 9.19. The monoisotopic (exact) mass is 170 g/mol. The Morgan fingerprint density at radius 2 is 2.25 bits per heavy atom. The molecule has 0 amide bonds. The lowest BCUT2D eigenvalue weighted by Crippen LogP contribution is -2.24. The predicted octanol–water partition coefficient (Wildman–Crippen LogP) is 2.68. The smallest absolute Gasteiger partial charge is 0.303 e. The molecule has 0 spiro atoms. The van der Waals surface area contributed by atoms with Gasteiger partial charge in [0.05, 0.1) is 0 Å². The Balaban J connectivity index is 2.41. The summed E-state index contributed by atoms with van der Waals surface area (Å²) in [6.45, 7) is 4.47. The summed E-state index contributed by atoms with van der Waals surface area (Å²) in [7, 11) is 0. The molecule has 1 aliphatic carbocycles. The van der Waals surface area contributed by atoms with Gasteiger partial charge in [-0.3, -0.25) is 4.79 Å². The molecule has 12 heavy (non-hydrogen) atoms. The Hall–Kier alpha value is -0.530. The second kappa shape index (κ2) is 3.46. The highest BCUT2D eigenvalue weighted by molar-refractivity contribution is 5.67. The zero-order valence-corrected chi connectivity index (χ0v) is 7.97. The van der Waals surface area contributed by atoms with Gasteiger partial charge in [0.25, 0.3) is 0 Å². The lowest BCUT2D eigenvalue weighted by Gasteiger charge is -2.34. The van der Waals surface area contributed by atoms with Crippen LogP contribution in [-0.4, -0.2) is 11.1 Å². The van der Waals surface area contributed by atoms with Crippen molar-refractivity contribution in [1.29, 1.82) is 0 Å². The molecule has 0 bridgehead atoms. The maximum atomic E-state index is 10.5. The Morgan fingerprint density at radius 3 is 2.75 bits per heavy atom. The SMILES string of the molecule is CC1(C)CCCC(CC(=O)O)C1. The fourth-order valence-corrected chi connectivity index (χ4v) is 2.28. The van der Waals surface area contributed by atoms with Crippen LogP contribution in [-0.2, 0) is 4.79 Å². The Bertz CT molecular complexity index is 173. The van der Waals surface area contributed by atoms with E-state index in [9.17, 15) is 4.79 Å². The maximum Gasteiger partial charge on any atom is 0.303 e. The summed E-state index contributed by atoms with van der Waals surface area (Å²) >= 11 is 0. The number of carboxylic acid groups (broad SMARTS) is 1. The van der Waals surface area contributed by atoms with E-state index in [1.54, 1.807) is 0 Å². The first-order valence-corrected chi connectivity index (χ1v) is 4.71. The predicted molar refractivity (Wildman–Crippen MR) is 48.0 cm³/mol. The summed E-state index contributed by atoms with van der Waals surface area (Å²) < 4.78 is 0. The van der Waals surface area contributed by atoms with Gasteiger partial charge in [-0.1, -0.05) is 20.3 Å². The Labute approximate surface area is 74.0 Å². The highest BCUT2D eigenvalue weighted by Crippen LogP contribution is 2.39. The molecule has 0 aliphatic heterocycles. The number of hydrogen-bond acceptors (Lipinski definition) is 1. The first-order valence-electron chi connectivity index (χ1n) is 4.71. The molecule has 0 radical (unpaired) electrons. The van der Waals surface area contributed by atoms with E-state index in [0.29, 0.717) is 17.8 Å². The third kappa shape index (κ3) is 2.84. The average Bonchev–Trinajstić information content (AvgIpc) is 1.82. The van der Waals surface area contributed by atoms with Crippen LogP contribution in [0.5, 0.6) is 0 Å². The van der Waals surface area contributed by atoms with E-state index >= 15 is 0 Å². The van der Waals surface area contributed by atoms with Crippen molar-refractivity contribution in [1.82, 2.24) is 0 Å². The number of carbonyl (C=O) groups is 1. The van der Waals surface area contributed by atoms with E-state index in [0.717, 1.165) is 12.8 Å². The third-order valence-corrected chi connectivity index (χ3v) is 2.77. The molecule has 2 nitrogen and oxygen atoms in total. The molecule has 0 aromatic heterocycles. The Morgan fingerprint density at radius 1 is 1.58 bits per heavy atom. The van der Waals surface area contributed by atoms with Crippen molar-refractivity contribution in [2.75, 3.05) is 0 Å². The van der Waals surface area contributed by atoms with Gasteiger partial charge in [0.15, 0.2) is 0 Å². The van der Waals surface area contributed by atoms with Gasteiger partial charge >= 0.3 is 5.97 Å². The molecule has 70 valence electrons. The third-order valence-electron chi connectivity index (χ3n) is 2.77. The minimum atomic E-state index is -0.641. The van der Waals surface area contributed by atoms with Crippen LogP contribution in [0, 0.1) is 11.3 Å². The number of rotatable bonds is 2. The first kappa shape index (κ1) is 9.56. The summed E-state index contributed by atoms with van der Waals surface area (Å²) in [4.78, 5) is 10.5. The normalized spacial score (nSPS) is 28.3. The first-order chi connectivity index (χ1) is 5.49. The van der Waals surface area contributed by atoms with Crippen molar-refractivity contribution in [3.63, 3.8) is 0 Å². The molecule has 0 saturated heterocycles. The van der Waals surface area contributed by atoms with Crippen LogP contribution in [0.3, 0.4) is 0 Å². The van der Waals surface area contributed by atoms with Crippen LogP contribution in [0.25, 0.3) is 0 Å². The van der Waals surface area contributed by atoms with Crippen LogP contribution in [0.15, 0.2) is 0 Å². The van der Waals surface area contributed by atoms with Gasteiger partial charge < -0.3 is 5.11 Å². The van der Waals surface area contributed by atoms with Gasteiger partial charge in [0, 0.05) is 6.42 Å². The molecule has 1 fully saturated rings. The zero-order valence-electron chi connectivity index (χ0n) is 7.97. The minimum absolute atomic E-state index is 0.365. The van der Waals surface area contributed by atoms with Crippen LogP contribution < -0.4 is 0 Å². The van der Waals surface area contributed by atoms with Crippen molar-refractivity contribution in [3.05, 3.63) is 0 Å². The van der Waals surface area contributed by atoms with Crippen molar-refractivity contribution in [3.8, 4) is 0 Å². The number of carboxylic acids is 1. The van der Waals surface area contributed by atoms with Crippen LogP contribution in [0.4, 0.5) is 0 Å². The van der Waals surface area contributed by atoms with Gasteiger partial charge in [0.2, 0.25) is 0 Å². The highest BCUT2D eigenvalue weighted by atomic mass is 16.4. The van der Waals surface area contributed by atoms with Crippen molar-refractivity contribution >= 4 is 5.97 Å². The molecule has 1 rings (SSSR count). The number of hydrogen-bond donors (Lipinski definition) is 1. The van der Waals surface area contributed by atoms with E-state index in [4.69, 9.17) is 5.11 Å². The van der Waals surface area contributed by atoms with E-state index in [1.807, 2.05) is 0 Å². The molecule has 1 unspecified atom stereocenters. The summed E-state index contributed by atoms with van der Waals surface area (Å²) in [6, 6.07) is 0. The van der Waals surface area contributed by atoms with Crippen molar-refractivity contribution < 1.29 is 9.90 Å². The van der Waals surface area contributed by atoms with Gasteiger partial charge in [-0.2, -0.15) is 0 Å². The second-order valence-corrected chi connectivity index (χ2v) is 4.72. The van der Waals surface area contributed by atoms with E-state index < -0.39 is 5.97 Å². The Kier molecular flexibility index (Phi) is 2.76. The van der Waals surface area contributed by atoms with Crippen molar-refractivity contribution in [2.45, 2.75) is 46.0 Å². The van der Waals surface area contributed by atoms with Gasteiger partial charge in [-0.05, 0) is 30.6 Å². The molecule has 0 heterocycles. The molecular formula is C10H18O2. The summed E-state index contributed by atoms with van der Waals surface area (Å²) in [5.74, 6) is -0.219. The average molecular weight is 170 g/mol. The largest absolute Gasteiger partial charge is 0.481 e. The quantitative estimate of drug-likeness (QED) is 0.691. The van der Waals surface area contributed by atoms with E-state index in [1.165, 1.54) is 12.8 Å². The van der Waals surface area contributed by atoms with Crippen molar-refractivity contribution in [2.24, 2.45) is 11.3 Å². The topological polar surface area (TPSA) is 37.3 Å². The summed E-state index contributed by atoms with van der Waals surface area (Å²) in [5.41, 5.74) is 0.373. The fourth-order valence-electron chi connectivity index (χ4n) is 2.28. The lowest BCUT2D eigenvalue weighted by molar-refractivity contribution is -0.138. The van der Waals surface area contributed by atoms with Gasteiger partial charge in [-0.15, -0.1) is 0 Å². The highest BCUT2D eigenvalue weighted by Gasteiger charge is 2.28. The molecule has 2 heteroatoms. The standard InChI is InChI=1S/C10H18O2/c1-10(2)5-3-4-8(7-10)6-9(11)12/h8H,3-7H2,1-2H3,(H,11,12). The molecule has 0 aromatic carbocycles.